The minimum atomic E-state index is 0.274. The van der Waals surface area contributed by atoms with Gasteiger partial charge in [0.15, 0.2) is 0 Å². The number of nitrogens with zero attached hydrogens (tertiary/aromatic N) is 1. The van der Waals surface area contributed by atoms with Crippen molar-refractivity contribution in [1.82, 2.24) is 4.90 Å². The summed E-state index contributed by atoms with van der Waals surface area (Å²) in [5.41, 5.74) is 0.590. The van der Waals surface area contributed by atoms with Crippen LogP contribution in [-0.4, -0.2) is 34.5 Å². The quantitative estimate of drug-likeness (QED) is 0.692. The van der Waals surface area contributed by atoms with Crippen molar-refractivity contribution >= 4 is 11.8 Å². The van der Waals surface area contributed by atoms with Gasteiger partial charge in [0, 0.05) is 11.1 Å². The van der Waals surface area contributed by atoms with Gasteiger partial charge in [0.2, 0.25) is 0 Å². The Bertz CT molecular complexity index is 158. The highest BCUT2D eigenvalue weighted by Crippen LogP contribution is 2.28. The molecule has 0 heterocycles. The topological polar surface area (TPSA) is 3.24 Å². The van der Waals surface area contributed by atoms with E-state index in [9.17, 15) is 0 Å². The van der Waals surface area contributed by atoms with Crippen molar-refractivity contribution in [3.8, 4) is 0 Å². The normalized spacial score (nSPS) is 13.7. The Labute approximate surface area is 94.6 Å². The molecule has 0 bridgehead atoms. The zero-order valence-corrected chi connectivity index (χ0v) is 11.8. The van der Waals surface area contributed by atoms with E-state index in [1.54, 1.807) is 0 Å². The van der Waals surface area contributed by atoms with Crippen LogP contribution in [-0.2, 0) is 0 Å². The first-order valence-corrected chi connectivity index (χ1v) is 6.91. The number of thioether (sulfide) groups is 1. The maximum atomic E-state index is 2.59. The van der Waals surface area contributed by atoms with Gasteiger partial charge in [-0.2, -0.15) is 11.8 Å². The van der Waals surface area contributed by atoms with Crippen molar-refractivity contribution in [2.45, 2.75) is 59.0 Å². The highest BCUT2D eigenvalue weighted by Gasteiger charge is 2.32. The summed E-state index contributed by atoms with van der Waals surface area (Å²) in [6.07, 6.45) is 3.45. The third kappa shape index (κ3) is 4.22. The molecule has 86 valence electrons. The van der Waals surface area contributed by atoms with Gasteiger partial charge in [-0.05, 0) is 59.6 Å². The Morgan fingerprint density at radius 2 is 1.57 bits per heavy atom. The van der Waals surface area contributed by atoms with Crippen molar-refractivity contribution in [2.75, 3.05) is 18.6 Å². The van der Waals surface area contributed by atoms with Crippen LogP contribution in [0, 0.1) is 0 Å². The third-order valence-corrected chi connectivity index (χ3v) is 3.39. The molecule has 0 saturated carbocycles. The van der Waals surface area contributed by atoms with E-state index in [0.717, 1.165) is 6.54 Å². The summed E-state index contributed by atoms with van der Waals surface area (Å²) in [4.78, 5) is 2.59. The van der Waals surface area contributed by atoms with Crippen LogP contribution in [0.3, 0.4) is 0 Å². The molecule has 0 aliphatic rings. The second-order valence-corrected chi connectivity index (χ2v) is 6.46. The molecule has 0 aliphatic heterocycles. The van der Waals surface area contributed by atoms with Gasteiger partial charge in [-0.3, -0.25) is 4.90 Å². The predicted molar refractivity (Wildman–Crippen MR) is 69.2 cm³/mol. The van der Waals surface area contributed by atoms with Crippen molar-refractivity contribution < 1.29 is 0 Å². The molecule has 0 unspecified atom stereocenters. The lowest BCUT2D eigenvalue weighted by molar-refractivity contribution is 0.0309. The summed E-state index contributed by atoms with van der Waals surface area (Å²) in [7, 11) is 0. The molecule has 14 heavy (non-hydrogen) atoms. The molecule has 0 aromatic rings. The largest absolute Gasteiger partial charge is 0.294 e. The van der Waals surface area contributed by atoms with Crippen LogP contribution in [0.15, 0.2) is 0 Å². The van der Waals surface area contributed by atoms with E-state index in [4.69, 9.17) is 0 Å². The van der Waals surface area contributed by atoms with E-state index in [2.05, 4.69) is 52.7 Å². The lowest BCUT2D eigenvalue weighted by Crippen LogP contribution is -2.54. The van der Waals surface area contributed by atoms with E-state index < -0.39 is 0 Å². The molecular formula is C12H27NS. The Morgan fingerprint density at radius 3 is 1.86 bits per heavy atom. The lowest BCUT2D eigenvalue weighted by Gasteiger charge is -2.47. The van der Waals surface area contributed by atoms with E-state index in [0.29, 0.717) is 5.54 Å². The van der Waals surface area contributed by atoms with E-state index in [1.807, 2.05) is 11.8 Å². The summed E-state index contributed by atoms with van der Waals surface area (Å²) in [5, 5.41) is 0. The van der Waals surface area contributed by atoms with Gasteiger partial charge in [-0.25, -0.2) is 0 Å². The molecule has 0 aliphatic carbocycles. The second kappa shape index (κ2) is 5.41. The van der Waals surface area contributed by atoms with Gasteiger partial charge in [0.1, 0.15) is 0 Å². The zero-order chi connectivity index (χ0) is 11.4. The van der Waals surface area contributed by atoms with E-state index in [-0.39, 0.29) is 5.54 Å². The summed E-state index contributed by atoms with van der Waals surface area (Å²) in [6, 6.07) is 0. The molecule has 0 fully saturated rings. The Morgan fingerprint density at radius 1 is 1.07 bits per heavy atom. The van der Waals surface area contributed by atoms with Crippen molar-refractivity contribution in [3.05, 3.63) is 0 Å². The molecule has 0 radical (unpaired) electrons. The van der Waals surface area contributed by atoms with Crippen LogP contribution in [0.1, 0.15) is 48.0 Å². The Hall–Kier alpha value is 0.310. The SMILES string of the molecule is CCN(C(C)(C)C)C(C)(C)CCSC. The number of rotatable bonds is 5. The fraction of sp³-hybridized carbons (Fsp3) is 1.00. The number of hydrogen-bond acceptors (Lipinski definition) is 2. The maximum absolute atomic E-state index is 2.59. The summed E-state index contributed by atoms with van der Waals surface area (Å²) >= 11 is 1.94. The van der Waals surface area contributed by atoms with Crippen LogP contribution in [0.25, 0.3) is 0 Å². The first-order chi connectivity index (χ1) is 6.25. The smallest absolute Gasteiger partial charge is 0.0166 e. The highest BCUT2D eigenvalue weighted by atomic mass is 32.2. The zero-order valence-electron chi connectivity index (χ0n) is 11.0. The van der Waals surface area contributed by atoms with Crippen molar-refractivity contribution in [3.63, 3.8) is 0 Å². The minimum absolute atomic E-state index is 0.274. The van der Waals surface area contributed by atoms with Gasteiger partial charge >= 0.3 is 0 Å². The van der Waals surface area contributed by atoms with Gasteiger partial charge in [0.25, 0.3) is 0 Å². The van der Waals surface area contributed by atoms with Gasteiger partial charge < -0.3 is 0 Å². The highest BCUT2D eigenvalue weighted by molar-refractivity contribution is 7.98. The van der Waals surface area contributed by atoms with E-state index in [1.165, 1.54) is 12.2 Å². The standard InChI is InChI=1S/C12H27NS/c1-8-13(11(2,3)4)12(5,6)9-10-14-7/h8-10H2,1-7H3. The fourth-order valence-electron chi connectivity index (χ4n) is 2.30. The first kappa shape index (κ1) is 14.3. The third-order valence-electron chi connectivity index (χ3n) is 2.77. The molecule has 0 atom stereocenters. The van der Waals surface area contributed by atoms with Crippen LogP contribution in [0.5, 0.6) is 0 Å². The van der Waals surface area contributed by atoms with E-state index >= 15 is 0 Å². The van der Waals surface area contributed by atoms with Crippen LogP contribution in [0.2, 0.25) is 0 Å². The van der Waals surface area contributed by atoms with Crippen LogP contribution < -0.4 is 0 Å². The summed E-state index contributed by atoms with van der Waals surface area (Å²) < 4.78 is 0. The van der Waals surface area contributed by atoms with Crippen LogP contribution >= 0.6 is 11.8 Å². The average molecular weight is 217 g/mol. The lowest BCUT2D eigenvalue weighted by atomic mass is 9.92. The first-order valence-electron chi connectivity index (χ1n) is 5.52. The number of hydrogen-bond donors (Lipinski definition) is 0. The molecule has 0 rings (SSSR count). The summed E-state index contributed by atoms with van der Waals surface area (Å²) in [5.74, 6) is 1.25. The van der Waals surface area contributed by atoms with Crippen molar-refractivity contribution in [2.24, 2.45) is 0 Å². The van der Waals surface area contributed by atoms with Crippen LogP contribution in [0.4, 0.5) is 0 Å². The van der Waals surface area contributed by atoms with Crippen molar-refractivity contribution in [1.29, 1.82) is 0 Å². The Balaban J connectivity index is 4.49. The minimum Gasteiger partial charge on any atom is -0.294 e. The van der Waals surface area contributed by atoms with Gasteiger partial charge in [-0.1, -0.05) is 6.92 Å². The molecule has 0 aromatic heterocycles. The molecule has 0 spiro atoms. The average Bonchev–Trinajstić information content (AvgIpc) is 1.98. The molecule has 0 aromatic carbocycles. The van der Waals surface area contributed by atoms with Gasteiger partial charge in [0.05, 0.1) is 0 Å². The Kier molecular flexibility index (Phi) is 5.53. The predicted octanol–water partition coefficient (Wildman–Crippen LogP) is 3.64. The molecular weight excluding hydrogens is 190 g/mol. The molecule has 2 heteroatoms. The monoisotopic (exact) mass is 217 g/mol. The van der Waals surface area contributed by atoms with Gasteiger partial charge in [-0.15, -0.1) is 0 Å². The molecule has 0 N–H and O–H groups in total. The second-order valence-electron chi connectivity index (χ2n) is 5.47. The fourth-order valence-corrected chi connectivity index (χ4v) is 3.00. The summed E-state index contributed by atoms with van der Waals surface area (Å²) in [6.45, 7) is 15.0. The molecule has 0 saturated heterocycles. The molecule has 1 nitrogen and oxygen atoms in total. The molecule has 0 amide bonds. The maximum Gasteiger partial charge on any atom is 0.0166 e.